The molecular weight excluding hydrogens is 514 g/mol. The number of carboxylic acid groups (broad SMARTS) is 1. The zero-order valence-corrected chi connectivity index (χ0v) is 20.5. The number of aromatic nitrogens is 3. The Bertz CT molecular complexity index is 1410. The molecule has 15 heteroatoms. The highest BCUT2D eigenvalue weighted by Crippen LogP contribution is 2.40. The van der Waals surface area contributed by atoms with Crippen molar-refractivity contribution in [1.29, 1.82) is 0 Å². The molecule has 3 aromatic rings. The number of nitrogens with one attached hydrogen (secondary N) is 1. The number of carbonyl (C=O) groups is 3. The Morgan fingerprint density at radius 2 is 2.26 bits per heavy atom. The quantitative estimate of drug-likeness (QED) is 0.170. The van der Waals surface area contributed by atoms with Crippen molar-refractivity contribution >= 4 is 73.3 Å². The van der Waals surface area contributed by atoms with Crippen LogP contribution in [0.4, 0.5) is 5.13 Å². The van der Waals surface area contributed by atoms with E-state index >= 15 is 0 Å². The van der Waals surface area contributed by atoms with Crippen LogP contribution in [0.25, 0.3) is 10.2 Å². The van der Waals surface area contributed by atoms with Gasteiger partial charge in [0.25, 0.3) is 11.8 Å². The van der Waals surface area contributed by atoms with Gasteiger partial charge >= 0.3 is 0 Å². The summed E-state index contributed by atoms with van der Waals surface area (Å²) in [4.78, 5) is 52.1. The van der Waals surface area contributed by atoms with Gasteiger partial charge in [0.15, 0.2) is 29.8 Å². The number of β-lactam (4-membered cyclic amide) rings is 1. The van der Waals surface area contributed by atoms with E-state index in [2.05, 4.69) is 20.4 Å². The van der Waals surface area contributed by atoms with E-state index in [-0.39, 0.29) is 28.8 Å². The van der Waals surface area contributed by atoms with Crippen molar-refractivity contribution in [1.82, 2.24) is 20.2 Å². The lowest BCUT2D eigenvalue weighted by Gasteiger charge is -2.50. The van der Waals surface area contributed by atoms with E-state index in [0.29, 0.717) is 11.3 Å². The van der Waals surface area contributed by atoms with E-state index in [4.69, 9.17) is 10.6 Å². The number of amides is 2. The topological polar surface area (TPSA) is 167 Å². The Morgan fingerprint density at radius 3 is 2.97 bits per heavy atom. The predicted molar refractivity (Wildman–Crippen MR) is 127 cm³/mol. The van der Waals surface area contributed by atoms with Crippen LogP contribution >= 0.6 is 34.4 Å². The van der Waals surface area contributed by atoms with Crippen molar-refractivity contribution in [3.05, 3.63) is 46.3 Å². The molecule has 2 amide bonds. The van der Waals surface area contributed by atoms with Crippen LogP contribution in [0.5, 0.6) is 0 Å². The molecule has 3 aromatic heterocycles. The Balaban J connectivity index is 1.36. The fourth-order valence-electron chi connectivity index (χ4n) is 3.86. The number of carbonyl (C=O) groups excluding carboxylic acids is 3. The average Bonchev–Trinajstić information content (AvgIpc) is 3.48. The molecule has 1 fully saturated rings. The van der Waals surface area contributed by atoms with Gasteiger partial charge in [-0.2, -0.15) is 4.57 Å². The predicted octanol–water partition coefficient (Wildman–Crippen LogP) is -0.923. The molecular formula is C20H17N7O5S3. The fourth-order valence-corrected chi connectivity index (χ4v) is 6.39. The molecule has 0 aliphatic carbocycles. The first-order chi connectivity index (χ1) is 16.9. The number of fused-ring (bicyclic) bond motifs is 2. The molecule has 3 N–H and O–H groups in total. The normalized spacial score (nSPS) is 20.0. The molecule has 5 heterocycles. The number of anilines is 1. The van der Waals surface area contributed by atoms with Crippen molar-refractivity contribution in [3.8, 4) is 0 Å². The maximum absolute atomic E-state index is 13.0. The number of nitrogen functional groups attached to an aromatic ring is 1. The van der Waals surface area contributed by atoms with Crippen molar-refractivity contribution in [2.45, 2.75) is 18.0 Å². The van der Waals surface area contributed by atoms with Gasteiger partial charge in [-0.1, -0.05) is 5.16 Å². The summed E-state index contributed by atoms with van der Waals surface area (Å²) in [5.74, 6) is -2.35. The minimum Gasteiger partial charge on any atom is -0.543 e. The Kier molecular flexibility index (Phi) is 6.12. The number of pyridine rings is 1. The average molecular weight is 532 g/mol. The first kappa shape index (κ1) is 23.2. The number of carboxylic acids is 1. The third-order valence-electron chi connectivity index (χ3n) is 5.39. The lowest BCUT2D eigenvalue weighted by Crippen LogP contribution is -2.71. The smallest absolute Gasteiger partial charge is 0.276 e. The van der Waals surface area contributed by atoms with E-state index in [9.17, 15) is 19.5 Å². The van der Waals surface area contributed by atoms with E-state index in [1.807, 2.05) is 23.0 Å². The van der Waals surface area contributed by atoms with Crippen molar-refractivity contribution in [2.24, 2.45) is 5.16 Å². The van der Waals surface area contributed by atoms with E-state index in [1.165, 1.54) is 35.1 Å². The number of hydrogen-bond acceptors (Lipinski definition) is 12. The van der Waals surface area contributed by atoms with Crippen LogP contribution in [0.3, 0.4) is 0 Å². The second kappa shape index (κ2) is 9.24. The highest BCUT2D eigenvalue weighted by molar-refractivity contribution is 8.00. The fraction of sp³-hybridized carbons (Fsp3) is 0.250. The van der Waals surface area contributed by atoms with Crippen LogP contribution < -0.4 is 20.7 Å². The van der Waals surface area contributed by atoms with Gasteiger partial charge in [-0.25, -0.2) is 9.97 Å². The first-order valence-electron chi connectivity index (χ1n) is 10.1. The third kappa shape index (κ3) is 4.21. The summed E-state index contributed by atoms with van der Waals surface area (Å²) in [5, 5.41) is 19.5. The maximum atomic E-state index is 13.0. The molecule has 12 nitrogen and oxygen atoms in total. The van der Waals surface area contributed by atoms with Crippen LogP contribution in [0, 0.1) is 0 Å². The number of rotatable bonds is 7. The molecule has 0 spiro atoms. The molecule has 0 saturated carbocycles. The lowest BCUT2D eigenvalue weighted by atomic mass is 10.0. The largest absolute Gasteiger partial charge is 0.543 e. The van der Waals surface area contributed by atoms with Crippen molar-refractivity contribution in [2.75, 3.05) is 18.6 Å². The summed E-state index contributed by atoms with van der Waals surface area (Å²) in [7, 11) is 1.28. The zero-order chi connectivity index (χ0) is 24.7. The first-order valence-corrected chi connectivity index (χ1v) is 12.9. The summed E-state index contributed by atoms with van der Waals surface area (Å²) in [6, 6.07) is 0.959. The standard InChI is InChI=1S/C20H17N7O5S3/c1-32-25-13(11-7-34-20(21)23-11)16(28)24-14-17(29)27-15(19(30)31)9(6-33-18(14)27)4-26-3-2-12-10(5-26)22-8-35-12/h2-3,5,7-8,14,18H,4,6H2,1H3,(H3-,21,23,24,28,30,31)/b25-13+/t14?,18-/m1/s1. The molecule has 2 aliphatic rings. The minimum absolute atomic E-state index is 0.141. The summed E-state index contributed by atoms with van der Waals surface area (Å²) in [6.45, 7) is 0.257. The van der Waals surface area contributed by atoms with Gasteiger partial charge in [0.05, 0.1) is 21.9 Å². The van der Waals surface area contributed by atoms with Crippen molar-refractivity contribution in [3.63, 3.8) is 0 Å². The van der Waals surface area contributed by atoms with Gasteiger partial charge in [-0.05, 0) is 0 Å². The summed E-state index contributed by atoms with van der Waals surface area (Å²) in [6.07, 6.45) is 3.66. The summed E-state index contributed by atoms with van der Waals surface area (Å²) >= 11 is 3.99. The number of thiazole rings is 2. The number of nitrogens with two attached hydrogens (primary N) is 1. The van der Waals surface area contributed by atoms with Gasteiger partial charge in [0, 0.05) is 22.8 Å². The molecule has 0 aromatic carbocycles. The van der Waals surface area contributed by atoms with Gasteiger partial charge in [0.2, 0.25) is 0 Å². The molecule has 180 valence electrons. The van der Waals surface area contributed by atoms with Crippen LogP contribution in [-0.4, -0.2) is 62.6 Å². The van der Waals surface area contributed by atoms with E-state index < -0.39 is 29.2 Å². The second-order valence-corrected chi connectivity index (χ2v) is 10.4. The third-order valence-corrected chi connectivity index (χ3v) is 8.22. The maximum Gasteiger partial charge on any atom is 0.276 e. The molecule has 0 bridgehead atoms. The van der Waals surface area contributed by atoms with Crippen LogP contribution in [0.15, 0.2) is 45.8 Å². The number of hydrogen-bond donors (Lipinski definition) is 2. The summed E-state index contributed by atoms with van der Waals surface area (Å²) in [5.41, 5.74) is 8.60. The molecule has 1 unspecified atom stereocenters. The van der Waals surface area contributed by atoms with Gasteiger partial charge in [-0.3, -0.25) is 14.5 Å². The molecule has 2 aliphatic heterocycles. The highest BCUT2D eigenvalue weighted by atomic mass is 32.2. The summed E-state index contributed by atoms with van der Waals surface area (Å²) < 4.78 is 2.83. The number of thioether (sulfide) groups is 1. The Hall–Kier alpha value is -3.56. The van der Waals surface area contributed by atoms with Gasteiger partial charge in [0.1, 0.15) is 29.7 Å². The van der Waals surface area contributed by atoms with Crippen LogP contribution in [0.2, 0.25) is 0 Å². The number of oxime groups is 1. The lowest BCUT2D eigenvalue weighted by molar-refractivity contribution is -0.687. The molecule has 2 atom stereocenters. The molecule has 35 heavy (non-hydrogen) atoms. The van der Waals surface area contributed by atoms with Crippen LogP contribution in [-0.2, 0) is 25.8 Å². The van der Waals surface area contributed by atoms with E-state index in [0.717, 1.165) is 21.6 Å². The second-order valence-electron chi connectivity index (χ2n) is 7.51. The highest BCUT2D eigenvalue weighted by Gasteiger charge is 2.53. The zero-order valence-electron chi connectivity index (χ0n) is 18.0. The minimum atomic E-state index is -1.45. The molecule has 5 rings (SSSR count). The van der Waals surface area contributed by atoms with Crippen LogP contribution in [0.1, 0.15) is 5.69 Å². The Morgan fingerprint density at radius 1 is 1.43 bits per heavy atom. The van der Waals surface area contributed by atoms with Gasteiger partial charge in [-0.15, -0.1) is 34.4 Å². The van der Waals surface area contributed by atoms with Crippen molar-refractivity contribution < 1.29 is 28.9 Å². The van der Waals surface area contributed by atoms with E-state index in [1.54, 1.807) is 10.9 Å². The molecule has 1 saturated heterocycles. The number of aliphatic carboxylic acids is 1. The monoisotopic (exact) mass is 531 g/mol. The number of nitrogens with zero attached hydrogens (tertiary/aromatic N) is 5. The van der Waals surface area contributed by atoms with Gasteiger partial charge < -0.3 is 25.8 Å². The Labute approximate surface area is 210 Å². The molecule has 0 radical (unpaired) electrons. The SMILES string of the molecule is CO/N=C(/C(=O)NC1C(=O)N2C(C(=O)[O-])=C(C[n+]3ccc4scnc4c3)CS[C@H]12)c1csc(N)n1.